The first-order valence-electron chi connectivity index (χ1n) is 9.40. The van der Waals surface area contributed by atoms with E-state index in [0.29, 0.717) is 18.4 Å². The van der Waals surface area contributed by atoms with Crippen LogP contribution >= 0.6 is 22.7 Å². The SMILES string of the molecule is Cc1ccc(CC(=O)c2ccc(Cc3nc(-c4sc(C)nc4C)cs3)nc2)cc1. The highest BCUT2D eigenvalue weighted by atomic mass is 32.1. The number of nitrogens with zero attached hydrogens (tertiary/aromatic N) is 3. The Bertz CT molecular complexity index is 1140. The van der Waals surface area contributed by atoms with Gasteiger partial charge < -0.3 is 0 Å². The molecule has 0 radical (unpaired) electrons. The minimum absolute atomic E-state index is 0.0838. The molecule has 3 heterocycles. The number of benzene rings is 1. The molecule has 0 fully saturated rings. The molecule has 0 unspecified atom stereocenters. The molecule has 0 bridgehead atoms. The number of hydrogen-bond donors (Lipinski definition) is 0. The zero-order chi connectivity index (χ0) is 20.4. The minimum Gasteiger partial charge on any atom is -0.294 e. The molecule has 4 rings (SSSR count). The van der Waals surface area contributed by atoms with Gasteiger partial charge in [-0.25, -0.2) is 9.97 Å². The van der Waals surface area contributed by atoms with Gasteiger partial charge in [0.2, 0.25) is 0 Å². The predicted octanol–water partition coefficient (Wildman–Crippen LogP) is 5.60. The molecular formula is C23H21N3OS2. The summed E-state index contributed by atoms with van der Waals surface area (Å²) in [6, 6.07) is 11.8. The van der Waals surface area contributed by atoms with E-state index in [4.69, 9.17) is 4.98 Å². The third-order valence-corrected chi connectivity index (χ3v) is 6.60. The highest BCUT2D eigenvalue weighted by Crippen LogP contribution is 2.31. The molecule has 0 atom stereocenters. The molecule has 3 aromatic heterocycles. The maximum Gasteiger partial charge on any atom is 0.168 e. The third-order valence-electron chi connectivity index (χ3n) is 4.65. The van der Waals surface area contributed by atoms with E-state index in [1.807, 2.05) is 57.2 Å². The van der Waals surface area contributed by atoms with E-state index in [2.05, 4.69) is 15.3 Å². The quantitative estimate of drug-likeness (QED) is 0.382. The summed E-state index contributed by atoms with van der Waals surface area (Å²) in [4.78, 5) is 27.4. The van der Waals surface area contributed by atoms with Gasteiger partial charge in [-0.15, -0.1) is 22.7 Å². The summed E-state index contributed by atoms with van der Waals surface area (Å²) in [5.74, 6) is 0.0838. The van der Waals surface area contributed by atoms with Crippen LogP contribution in [-0.2, 0) is 12.8 Å². The summed E-state index contributed by atoms with van der Waals surface area (Å²) in [7, 11) is 0. The van der Waals surface area contributed by atoms with Crippen LogP contribution in [0, 0.1) is 20.8 Å². The molecule has 0 aliphatic rings. The number of aromatic nitrogens is 3. The number of Topliss-reactive ketones (excluding diaryl/α,β-unsaturated/α-hetero) is 1. The van der Waals surface area contributed by atoms with Crippen molar-refractivity contribution < 1.29 is 4.79 Å². The third kappa shape index (κ3) is 4.66. The van der Waals surface area contributed by atoms with Crippen molar-refractivity contribution in [3.63, 3.8) is 0 Å². The monoisotopic (exact) mass is 419 g/mol. The summed E-state index contributed by atoms with van der Waals surface area (Å²) < 4.78 is 0. The van der Waals surface area contributed by atoms with Crippen LogP contribution in [0.5, 0.6) is 0 Å². The lowest BCUT2D eigenvalue weighted by atomic mass is 10.0. The summed E-state index contributed by atoms with van der Waals surface area (Å²) in [5, 5.41) is 4.14. The topological polar surface area (TPSA) is 55.7 Å². The normalized spacial score (nSPS) is 11.0. The fourth-order valence-electron chi connectivity index (χ4n) is 3.11. The lowest BCUT2D eigenvalue weighted by Crippen LogP contribution is -2.05. The van der Waals surface area contributed by atoms with Gasteiger partial charge in [-0.05, 0) is 38.5 Å². The van der Waals surface area contributed by atoms with Crippen molar-refractivity contribution in [1.29, 1.82) is 0 Å². The van der Waals surface area contributed by atoms with E-state index in [1.165, 1.54) is 5.56 Å². The van der Waals surface area contributed by atoms with Crippen molar-refractivity contribution in [3.05, 3.63) is 86.1 Å². The Morgan fingerprint density at radius 1 is 1.00 bits per heavy atom. The van der Waals surface area contributed by atoms with E-state index in [1.54, 1.807) is 28.9 Å². The molecule has 4 nitrogen and oxygen atoms in total. The number of carbonyl (C=O) groups is 1. The number of hydrogen-bond acceptors (Lipinski definition) is 6. The molecule has 0 aliphatic carbocycles. The first kappa shape index (κ1) is 19.6. The van der Waals surface area contributed by atoms with Gasteiger partial charge >= 0.3 is 0 Å². The van der Waals surface area contributed by atoms with Crippen LogP contribution in [0.1, 0.15) is 42.9 Å². The van der Waals surface area contributed by atoms with E-state index in [0.717, 1.165) is 37.5 Å². The Labute approximate surface area is 178 Å². The molecule has 0 N–H and O–H groups in total. The zero-order valence-electron chi connectivity index (χ0n) is 16.6. The first-order valence-corrected chi connectivity index (χ1v) is 11.1. The lowest BCUT2D eigenvalue weighted by Gasteiger charge is -2.03. The van der Waals surface area contributed by atoms with Crippen molar-refractivity contribution in [2.75, 3.05) is 0 Å². The van der Waals surface area contributed by atoms with Crippen molar-refractivity contribution in [1.82, 2.24) is 15.0 Å². The summed E-state index contributed by atoms with van der Waals surface area (Å²) in [5.41, 5.74) is 5.78. The van der Waals surface area contributed by atoms with Crippen molar-refractivity contribution in [2.45, 2.75) is 33.6 Å². The molecule has 146 valence electrons. The predicted molar refractivity (Wildman–Crippen MR) is 119 cm³/mol. The van der Waals surface area contributed by atoms with Crippen LogP contribution in [0.3, 0.4) is 0 Å². The molecule has 0 saturated carbocycles. The first-order chi connectivity index (χ1) is 14.0. The Hall–Kier alpha value is -2.70. The van der Waals surface area contributed by atoms with Crippen LogP contribution in [-0.4, -0.2) is 20.7 Å². The van der Waals surface area contributed by atoms with Crippen LogP contribution in [0.2, 0.25) is 0 Å². The number of carbonyl (C=O) groups excluding carboxylic acids is 1. The summed E-state index contributed by atoms with van der Waals surface area (Å²) >= 11 is 3.30. The Balaban J connectivity index is 1.42. The van der Waals surface area contributed by atoms with E-state index >= 15 is 0 Å². The number of rotatable bonds is 6. The van der Waals surface area contributed by atoms with Crippen LogP contribution in [0.15, 0.2) is 48.0 Å². The van der Waals surface area contributed by atoms with Gasteiger partial charge in [0.15, 0.2) is 5.78 Å². The standard InChI is InChI=1S/C23H21N3OS2/c1-14-4-6-17(7-5-14)10-21(27)18-8-9-19(24-12-18)11-22-26-20(13-28-22)23-15(2)25-16(3)29-23/h4-9,12-13H,10-11H2,1-3H3. The molecule has 29 heavy (non-hydrogen) atoms. The maximum absolute atomic E-state index is 12.5. The van der Waals surface area contributed by atoms with E-state index in [9.17, 15) is 4.79 Å². The molecular weight excluding hydrogens is 398 g/mol. The zero-order valence-corrected chi connectivity index (χ0v) is 18.2. The number of aryl methyl sites for hydroxylation is 3. The number of thiazole rings is 2. The molecule has 6 heteroatoms. The highest BCUT2D eigenvalue weighted by molar-refractivity contribution is 7.15. The van der Waals surface area contributed by atoms with Crippen molar-refractivity contribution in [2.24, 2.45) is 0 Å². The van der Waals surface area contributed by atoms with E-state index in [-0.39, 0.29) is 5.78 Å². The van der Waals surface area contributed by atoms with Gasteiger partial charge in [0.05, 0.1) is 26.3 Å². The largest absolute Gasteiger partial charge is 0.294 e. The second-order valence-corrected chi connectivity index (χ2v) is 9.22. The van der Waals surface area contributed by atoms with Gasteiger partial charge in [0, 0.05) is 35.7 Å². The highest BCUT2D eigenvalue weighted by Gasteiger charge is 2.13. The van der Waals surface area contributed by atoms with Gasteiger partial charge in [-0.3, -0.25) is 9.78 Å². The average Bonchev–Trinajstić information content (AvgIpc) is 3.29. The molecule has 0 spiro atoms. The molecule has 1 aromatic carbocycles. The second kappa shape index (κ2) is 8.35. The Morgan fingerprint density at radius 3 is 2.45 bits per heavy atom. The maximum atomic E-state index is 12.5. The molecule has 4 aromatic rings. The fourth-order valence-corrected chi connectivity index (χ4v) is 4.86. The van der Waals surface area contributed by atoms with Gasteiger partial charge in [-0.2, -0.15) is 0 Å². The Morgan fingerprint density at radius 2 is 1.79 bits per heavy atom. The van der Waals surface area contributed by atoms with Crippen molar-refractivity contribution >= 4 is 28.5 Å². The van der Waals surface area contributed by atoms with Crippen LogP contribution in [0.25, 0.3) is 10.6 Å². The van der Waals surface area contributed by atoms with Gasteiger partial charge in [0.1, 0.15) is 0 Å². The van der Waals surface area contributed by atoms with Gasteiger partial charge in [0.25, 0.3) is 0 Å². The minimum atomic E-state index is 0.0838. The van der Waals surface area contributed by atoms with Gasteiger partial charge in [-0.1, -0.05) is 29.8 Å². The number of pyridine rings is 1. The fraction of sp³-hybridized carbons (Fsp3) is 0.217. The second-order valence-electron chi connectivity index (χ2n) is 7.07. The average molecular weight is 420 g/mol. The molecule has 0 aliphatic heterocycles. The smallest absolute Gasteiger partial charge is 0.168 e. The van der Waals surface area contributed by atoms with E-state index < -0.39 is 0 Å². The molecule has 0 amide bonds. The summed E-state index contributed by atoms with van der Waals surface area (Å²) in [6.07, 6.45) is 2.73. The molecule has 0 saturated heterocycles. The lowest BCUT2D eigenvalue weighted by molar-refractivity contribution is 0.0992. The number of ketones is 1. The summed E-state index contributed by atoms with van der Waals surface area (Å²) in [6.45, 7) is 6.07. The van der Waals surface area contributed by atoms with Crippen LogP contribution < -0.4 is 0 Å². The van der Waals surface area contributed by atoms with Crippen molar-refractivity contribution in [3.8, 4) is 10.6 Å². The van der Waals surface area contributed by atoms with Crippen LogP contribution in [0.4, 0.5) is 0 Å². The Kier molecular flexibility index (Phi) is 5.65.